The molecule has 0 heterocycles. The van der Waals surface area contributed by atoms with E-state index >= 15 is 0 Å². The predicted octanol–water partition coefficient (Wildman–Crippen LogP) is 0.854. The summed E-state index contributed by atoms with van der Waals surface area (Å²) < 4.78 is 4.63. The Labute approximate surface area is 51.8 Å². The molecule has 0 aromatic carbocycles. The molecule has 0 unspecified atom stereocenters. The Morgan fingerprint density at radius 3 is 2.17 bits per heavy atom. The topological polar surface area (TPSA) is 9.23 Å². The Kier molecular flexibility index (Phi) is 14.9. The van der Waals surface area contributed by atoms with Crippen LogP contribution in [0.1, 0.15) is 6.42 Å². The Morgan fingerprint density at radius 2 is 2.17 bits per heavy atom. The summed E-state index contributed by atoms with van der Waals surface area (Å²) in [7, 11) is 1.67. The molecule has 0 rings (SSSR count). The number of rotatable bonds is 2. The minimum Gasteiger partial charge on any atom is -0.387 e. The maximum atomic E-state index is 4.63. The van der Waals surface area contributed by atoms with Gasteiger partial charge in [0, 0.05) is 33.2 Å². The van der Waals surface area contributed by atoms with Crippen LogP contribution in [0.2, 0.25) is 0 Å². The first kappa shape index (κ1) is 9.77. The zero-order chi connectivity index (χ0) is 4.12. The van der Waals surface area contributed by atoms with Crippen molar-refractivity contribution in [3.05, 3.63) is 6.92 Å². The van der Waals surface area contributed by atoms with Crippen LogP contribution in [0.4, 0.5) is 0 Å². The third-order valence-electron chi connectivity index (χ3n) is 0.348. The van der Waals surface area contributed by atoms with Crippen LogP contribution in [0.15, 0.2) is 0 Å². The number of hydrogen-bond acceptors (Lipinski definition) is 1. The third kappa shape index (κ3) is 8.82. The average Bonchev–Trinajstić information content (AvgIpc) is 1.41. The largest absolute Gasteiger partial charge is 0.387 e. The van der Waals surface area contributed by atoms with Crippen molar-refractivity contribution in [3.8, 4) is 0 Å². The van der Waals surface area contributed by atoms with E-state index in [-0.39, 0.29) is 19.5 Å². The van der Waals surface area contributed by atoms with Gasteiger partial charge in [0.05, 0.1) is 0 Å². The first-order chi connectivity index (χ1) is 2.41. The van der Waals surface area contributed by atoms with Crippen molar-refractivity contribution in [1.29, 1.82) is 0 Å². The molecule has 0 spiro atoms. The van der Waals surface area contributed by atoms with E-state index in [0.29, 0.717) is 0 Å². The molecule has 0 atom stereocenters. The van der Waals surface area contributed by atoms with Gasteiger partial charge in [0.2, 0.25) is 0 Å². The van der Waals surface area contributed by atoms with Crippen molar-refractivity contribution in [2.24, 2.45) is 0 Å². The van der Waals surface area contributed by atoms with Crippen molar-refractivity contribution in [2.75, 3.05) is 13.7 Å². The second-order valence-electron chi connectivity index (χ2n) is 0.846. The molecule has 34 valence electrons. The number of hydrogen-bond donors (Lipinski definition) is 0. The van der Waals surface area contributed by atoms with E-state index < -0.39 is 0 Å². The quantitative estimate of drug-likeness (QED) is 0.406. The molecule has 0 saturated heterocycles. The van der Waals surface area contributed by atoms with Crippen molar-refractivity contribution in [2.45, 2.75) is 6.42 Å². The molecule has 0 aliphatic carbocycles. The standard InChI is InChI=1S/C4H9O.Zn/c1-3-4-5-2;/h1,3-4H2,2H3;/q-1;. The fraction of sp³-hybridized carbons (Fsp3) is 0.750. The zero-order valence-electron chi connectivity index (χ0n) is 4.24. The molecule has 0 radical (unpaired) electrons. The molecule has 0 aromatic rings. The normalized spacial score (nSPS) is 7.00. The number of methoxy groups -OCH3 is 1. The SMILES string of the molecule is [CH2-]CCOC.[Zn]. The van der Waals surface area contributed by atoms with Crippen molar-refractivity contribution >= 4 is 0 Å². The van der Waals surface area contributed by atoms with Crippen LogP contribution in [0.25, 0.3) is 0 Å². The van der Waals surface area contributed by atoms with E-state index in [0.717, 1.165) is 13.0 Å². The molecule has 0 saturated carbocycles. The summed E-state index contributed by atoms with van der Waals surface area (Å²) in [6.07, 6.45) is 0.872. The molecule has 0 amide bonds. The first-order valence-corrected chi connectivity index (χ1v) is 1.70. The molecule has 6 heavy (non-hydrogen) atoms. The summed E-state index contributed by atoms with van der Waals surface area (Å²) >= 11 is 0. The van der Waals surface area contributed by atoms with E-state index in [1.165, 1.54) is 0 Å². The minimum absolute atomic E-state index is 0. The van der Waals surface area contributed by atoms with Crippen LogP contribution in [-0.4, -0.2) is 13.7 Å². The average molecular weight is 139 g/mol. The maximum Gasteiger partial charge on any atom is 0.0353 e. The Balaban J connectivity index is 0. The van der Waals surface area contributed by atoms with E-state index in [1.54, 1.807) is 7.11 Å². The van der Waals surface area contributed by atoms with Crippen molar-refractivity contribution in [1.82, 2.24) is 0 Å². The molecule has 0 fully saturated rings. The molecular formula is C4H9OZn-. The summed E-state index contributed by atoms with van der Waals surface area (Å²) in [6.45, 7) is 4.33. The molecule has 0 aromatic heterocycles. The van der Waals surface area contributed by atoms with E-state index in [4.69, 9.17) is 0 Å². The smallest absolute Gasteiger partial charge is 0.0353 e. The zero-order valence-corrected chi connectivity index (χ0v) is 7.20. The van der Waals surface area contributed by atoms with Crippen molar-refractivity contribution < 1.29 is 24.2 Å². The summed E-state index contributed by atoms with van der Waals surface area (Å²) in [6, 6.07) is 0. The van der Waals surface area contributed by atoms with Gasteiger partial charge in [-0.2, -0.15) is 6.42 Å². The van der Waals surface area contributed by atoms with Crippen LogP contribution >= 0.6 is 0 Å². The molecule has 1 nitrogen and oxygen atoms in total. The van der Waals surface area contributed by atoms with Crippen LogP contribution in [-0.2, 0) is 24.2 Å². The van der Waals surface area contributed by atoms with Gasteiger partial charge in [-0.05, 0) is 0 Å². The van der Waals surface area contributed by atoms with Gasteiger partial charge < -0.3 is 11.7 Å². The monoisotopic (exact) mass is 137 g/mol. The van der Waals surface area contributed by atoms with E-state index in [9.17, 15) is 0 Å². The van der Waals surface area contributed by atoms with Crippen LogP contribution in [0.5, 0.6) is 0 Å². The first-order valence-electron chi connectivity index (χ1n) is 1.70. The van der Waals surface area contributed by atoms with Gasteiger partial charge in [-0.15, -0.1) is 0 Å². The third-order valence-corrected chi connectivity index (χ3v) is 0.348. The minimum atomic E-state index is 0. The maximum absolute atomic E-state index is 4.63. The van der Waals surface area contributed by atoms with Gasteiger partial charge in [0.1, 0.15) is 0 Å². The second-order valence-corrected chi connectivity index (χ2v) is 0.846. The van der Waals surface area contributed by atoms with Crippen LogP contribution in [0, 0.1) is 6.92 Å². The fourth-order valence-corrected chi connectivity index (χ4v) is 0.144. The molecule has 0 bridgehead atoms. The molecule has 0 aliphatic heterocycles. The molecule has 2 heteroatoms. The predicted molar refractivity (Wildman–Crippen MR) is 21.8 cm³/mol. The Morgan fingerprint density at radius 1 is 1.67 bits per heavy atom. The van der Waals surface area contributed by atoms with E-state index in [2.05, 4.69) is 11.7 Å². The Hall–Kier alpha value is 0.583. The van der Waals surface area contributed by atoms with Crippen LogP contribution in [0.3, 0.4) is 0 Å². The van der Waals surface area contributed by atoms with Gasteiger partial charge in [-0.3, -0.25) is 0 Å². The Bertz CT molecular complexity index is 15.0. The van der Waals surface area contributed by atoms with Gasteiger partial charge in [0.25, 0.3) is 0 Å². The van der Waals surface area contributed by atoms with Gasteiger partial charge in [0.15, 0.2) is 0 Å². The van der Waals surface area contributed by atoms with Gasteiger partial charge in [-0.25, -0.2) is 0 Å². The number of ether oxygens (including phenoxy) is 1. The van der Waals surface area contributed by atoms with Crippen LogP contribution < -0.4 is 0 Å². The van der Waals surface area contributed by atoms with E-state index in [1.807, 2.05) is 0 Å². The van der Waals surface area contributed by atoms with Gasteiger partial charge in [-0.1, -0.05) is 0 Å². The summed E-state index contributed by atoms with van der Waals surface area (Å²) in [4.78, 5) is 0. The second kappa shape index (κ2) is 9.13. The summed E-state index contributed by atoms with van der Waals surface area (Å²) in [5, 5.41) is 0. The van der Waals surface area contributed by atoms with Gasteiger partial charge >= 0.3 is 0 Å². The molecule has 0 N–H and O–H groups in total. The fourth-order valence-electron chi connectivity index (χ4n) is 0.144. The molecular weight excluding hydrogens is 129 g/mol. The molecule has 0 aliphatic rings. The van der Waals surface area contributed by atoms with Crippen molar-refractivity contribution in [3.63, 3.8) is 0 Å². The summed E-state index contributed by atoms with van der Waals surface area (Å²) in [5.41, 5.74) is 0. The summed E-state index contributed by atoms with van der Waals surface area (Å²) in [5.74, 6) is 0.